The summed E-state index contributed by atoms with van der Waals surface area (Å²) in [6.07, 6.45) is 4.72. The topological polar surface area (TPSA) is 49.4 Å². The van der Waals surface area contributed by atoms with Crippen LogP contribution in [0.1, 0.15) is 18.4 Å². The fraction of sp³-hybridized carbons (Fsp3) is 0.158. The van der Waals surface area contributed by atoms with Crippen LogP contribution >= 0.6 is 11.6 Å². The average Bonchev–Trinajstić information content (AvgIpc) is 2.99. The van der Waals surface area contributed by atoms with Gasteiger partial charge in [-0.15, -0.1) is 0 Å². The molecule has 1 heterocycles. The first-order valence-electron chi connectivity index (χ1n) is 7.77. The lowest BCUT2D eigenvalue weighted by Gasteiger charge is -2.15. The minimum atomic E-state index is -0.226. The summed E-state index contributed by atoms with van der Waals surface area (Å²) in [6, 6.07) is 14.6. The number of rotatable bonds is 4. The van der Waals surface area contributed by atoms with E-state index in [0.717, 1.165) is 24.2 Å². The summed E-state index contributed by atoms with van der Waals surface area (Å²) in [5.41, 5.74) is 2.45. The zero-order valence-electron chi connectivity index (χ0n) is 13.0. The number of nitrogens with zero attached hydrogens (tertiary/aromatic N) is 1. The van der Waals surface area contributed by atoms with Crippen molar-refractivity contribution < 1.29 is 9.59 Å². The maximum absolute atomic E-state index is 11.9. The second-order valence-corrected chi connectivity index (χ2v) is 6.01. The van der Waals surface area contributed by atoms with E-state index in [9.17, 15) is 9.59 Å². The van der Waals surface area contributed by atoms with Gasteiger partial charge in [0.05, 0.1) is 0 Å². The van der Waals surface area contributed by atoms with Gasteiger partial charge in [-0.3, -0.25) is 9.59 Å². The van der Waals surface area contributed by atoms with Crippen molar-refractivity contribution in [2.75, 3.05) is 16.8 Å². The van der Waals surface area contributed by atoms with Crippen molar-refractivity contribution in [1.29, 1.82) is 0 Å². The number of carbonyl (C=O) groups excluding carboxylic acids is 2. The van der Waals surface area contributed by atoms with Gasteiger partial charge in [-0.2, -0.15) is 0 Å². The molecule has 0 aliphatic carbocycles. The number of anilines is 2. The molecule has 1 aliphatic heterocycles. The van der Waals surface area contributed by atoms with E-state index in [1.54, 1.807) is 35.2 Å². The van der Waals surface area contributed by atoms with E-state index < -0.39 is 0 Å². The van der Waals surface area contributed by atoms with E-state index in [4.69, 9.17) is 11.6 Å². The third-order valence-corrected chi connectivity index (χ3v) is 4.03. The standard InChI is InChI=1S/C19H17ClN2O2/c20-15-3-1-4-16(13-15)21-18(23)11-8-14-6-9-17(10-7-14)22-12-2-5-19(22)24/h1,3-4,6-11,13H,2,5,12H2,(H,21,23)/b11-8+. The number of halogens is 1. The molecule has 5 heteroatoms. The van der Waals surface area contributed by atoms with Crippen molar-refractivity contribution >= 4 is 40.9 Å². The number of nitrogens with one attached hydrogen (secondary N) is 1. The fourth-order valence-electron chi connectivity index (χ4n) is 2.61. The van der Waals surface area contributed by atoms with Crippen LogP contribution < -0.4 is 10.2 Å². The van der Waals surface area contributed by atoms with Crippen LogP contribution in [-0.4, -0.2) is 18.4 Å². The second-order valence-electron chi connectivity index (χ2n) is 5.57. The lowest BCUT2D eigenvalue weighted by Crippen LogP contribution is -2.23. The van der Waals surface area contributed by atoms with E-state index in [2.05, 4.69) is 5.32 Å². The normalized spacial score (nSPS) is 14.4. The summed E-state index contributed by atoms with van der Waals surface area (Å²) in [5.74, 6) is -0.0599. The molecule has 24 heavy (non-hydrogen) atoms. The molecule has 2 aromatic carbocycles. The van der Waals surface area contributed by atoms with Gasteiger partial charge in [0.25, 0.3) is 0 Å². The molecule has 0 bridgehead atoms. The molecule has 0 saturated carbocycles. The summed E-state index contributed by atoms with van der Waals surface area (Å²) >= 11 is 5.88. The molecular formula is C19H17ClN2O2. The number of benzene rings is 2. The van der Waals surface area contributed by atoms with Crippen LogP contribution in [0.25, 0.3) is 6.08 Å². The minimum absolute atomic E-state index is 0.166. The van der Waals surface area contributed by atoms with Gasteiger partial charge in [-0.25, -0.2) is 0 Å². The van der Waals surface area contributed by atoms with Gasteiger partial charge in [0.1, 0.15) is 0 Å². The number of amides is 2. The predicted molar refractivity (Wildman–Crippen MR) is 97.1 cm³/mol. The highest BCUT2D eigenvalue weighted by molar-refractivity contribution is 6.30. The van der Waals surface area contributed by atoms with Crippen molar-refractivity contribution in [3.8, 4) is 0 Å². The largest absolute Gasteiger partial charge is 0.322 e. The number of hydrogen-bond acceptors (Lipinski definition) is 2. The summed E-state index contributed by atoms with van der Waals surface area (Å²) in [6.45, 7) is 0.774. The quantitative estimate of drug-likeness (QED) is 0.851. The number of hydrogen-bond donors (Lipinski definition) is 1. The highest BCUT2D eigenvalue weighted by Gasteiger charge is 2.21. The van der Waals surface area contributed by atoms with Gasteiger partial charge in [0.15, 0.2) is 0 Å². The van der Waals surface area contributed by atoms with Gasteiger partial charge < -0.3 is 10.2 Å². The van der Waals surface area contributed by atoms with Crippen LogP contribution in [-0.2, 0) is 9.59 Å². The van der Waals surface area contributed by atoms with Crippen LogP contribution in [0.4, 0.5) is 11.4 Å². The fourth-order valence-corrected chi connectivity index (χ4v) is 2.80. The second kappa shape index (κ2) is 7.32. The molecule has 122 valence electrons. The Morgan fingerprint density at radius 1 is 1.17 bits per heavy atom. The Balaban J connectivity index is 1.61. The lowest BCUT2D eigenvalue weighted by molar-refractivity contribution is -0.117. The van der Waals surface area contributed by atoms with E-state index >= 15 is 0 Å². The molecule has 2 aromatic rings. The maximum atomic E-state index is 11.9. The van der Waals surface area contributed by atoms with Crippen molar-refractivity contribution in [2.24, 2.45) is 0 Å². The average molecular weight is 341 g/mol. The Hall–Kier alpha value is -2.59. The smallest absolute Gasteiger partial charge is 0.248 e. The molecule has 4 nitrogen and oxygen atoms in total. The van der Waals surface area contributed by atoms with Crippen molar-refractivity contribution in [3.05, 3.63) is 65.2 Å². The van der Waals surface area contributed by atoms with Crippen LogP contribution in [0, 0.1) is 0 Å². The molecule has 3 rings (SSSR count). The van der Waals surface area contributed by atoms with E-state index in [0.29, 0.717) is 17.1 Å². The van der Waals surface area contributed by atoms with Gasteiger partial charge in [-0.1, -0.05) is 29.8 Å². The monoisotopic (exact) mass is 340 g/mol. The van der Waals surface area contributed by atoms with E-state index in [1.165, 1.54) is 6.08 Å². The Kier molecular flexibility index (Phi) is 4.96. The Morgan fingerprint density at radius 3 is 2.62 bits per heavy atom. The third kappa shape index (κ3) is 4.03. The first-order chi connectivity index (χ1) is 11.6. The van der Waals surface area contributed by atoms with Crippen LogP contribution in [0.15, 0.2) is 54.6 Å². The first kappa shape index (κ1) is 16.3. The summed E-state index contributed by atoms with van der Waals surface area (Å²) in [7, 11) is 0. The van der Waals surface area contributed by atoms with Crippen molar-refractivity contribution in [2.45, 2.75) is 12.8 Å². The molecule has 0 atom stereocenters. The zero-order valence-corrected chi connectivity index (χ0v) is 13.8. The molecule has 1 aliphatic rings. The predicted octanol–water partition coefficient (Wildman–Crippen LogP) is 4.12. The molecule has 1 fully saturated rings. The molecule has 2 amide bonds. The molecule has 0 radical (unpaired) electrons. The Bertz CT molecular complexity index is 784. The highest BCUT2D eigenvalue weighted by atomic mass is 35.5. The molecule has 0 spiro atoms. The van der Waals surface area contributed by atoms with Crippen LogP contribution in [0.5, 0.6) is 0 Å². The van der Waals surface area contributed by atoms with Crippen LogP contribution in [0.2, 0.25) is 5.02 Å². The Labute approximate surface area is 145 Å². The maximum Gasteiger partial charge on any atom is 0.248 e. The molecule has 1 saturated heterocycles. The lowest BCUT2D eigenvalue weighted by atomic mass is 10.2. The summed E-state index contributed by atoms with van der Waals surface area (Å²) in [5, 5.41) is 3.32. The molecule has 0 aromatic heterocycles. The summed E-state index contributed by atoms with van der Waals surface area (Å²) < 4.78 is 0. The SMILES string of the molecule is O=C(/C=C/c1ccc(N2CCCC2=O)cc1)Nc1cccc(Cl)c1. The summed E-state index contributed by atoms with van der Waals surface area (Å²) in [4.78, 5) is 25.4. The van der Waals surface area contributed by atoms with Gasteiger partial charge >= 0.3 is 0 Å². The number of carbonyl (C=O) groups is 2. The minimum Gasteiger partial charge on any atom is -0.322 e. The van der Waals surface area contributed by atoms with Gasteiger partial charge in [0.2, 0.25) is 11.8 Å². The molecule has 1 N–H and O–H groups in total. The molecule has 0 unspecified atom stereocenters. The highest BCUT2D eigenvalue weighted by Crippen LogP contribution is 2.22. The van der Waals surface area contributed by atoms with Gasteiger partial charge in [0, 0.05) is 35.4 Å². The zero-order chi connectivity index (χ0) is 16.9. The van der Waals surface area contributed by atoms with Crippen molar-refractivity contribution in [3.63, 3.8) is 0 Å². The Morgan fingerprint density at radius 2 is 1.96 bits per heavy atom. The van der Waals surface area contributed by atoms with Crippen LogP contribution in [0.3, 0.4) is 0 Å². The molecular weight excluding hydrogens is 324 g/mol. The van der Waals surface area contributed by atoms with E-state index in [-0.39, 0.29) is 11.8 Å². The first-order valence-corrected chi connectivity index (χ1v) is 8.15. The van der Waals surface area contributed by atoms with Gasteiger partial charge in [-0.05, 0) is 48.4 Å². The van der Waals surface area contributed by atoms with Crippen molar-refractivity contribution in [1.82, 2.24) is 0 Å². The third-order valence-electron chi connectivity index (χ3n) is 3.80. The van der Waals surface area contributed by atoms with E-state index in [1.807, 2.05) is 24.3 Å².